The molecule has 6 nitrogen and oxygen atoms in total. The highest BCUT2D eigenvalue weighted by Gasteiger charge is 2.45. The normalized spacial score (nSPS) is 17.3. The van der Waals surface area contributed by atoms with Crippen LogP contribution in [0.15, 0.2) is 22.6 Å². The van der Waals surface area contributed by atoms with Crippen molar-refractivity contribution in [2.45, 2.75) is 37.0 Å². The first-order chi connectivity index (χ1) is 11.2. The Bertz CT molecular complexity index is 833. The molecule has 0 radical (unpaired) electrons. The number of oxazole rings is 1. The minimum absolute atomic E-state index is 0.0249. The summed E-state index contributed by atoms with van der Waals surface area (Å²) in [5.74, 6) is -0.457. The Hall–Kier alpha value is -2.60. The highest BCUT2D eigenvalue weighted by molar-refractivity contribution is 5.83. The Kier molecular flexibility index (Phi) is 3.72. The summed E-state index contributed by atoms with van der Waals surface area (Å²) in [7, 11) is 0. The second-order valence-corrected chi connectivity index (χ2v) is 5.78. The van der Waals surface area contributed by atoms with Gasteiger partial charge in [0.25, 0.3) is 0 Å². The molecule has 1 saturated carbocycles. The van der Waals surface area contributed by atoms with Gasteiger partial charge in [-0.05, 0) is 31.0 Å². The van der Waals surface area contributed by atoms with Crippen LogP contribution in [-0.4, -0.2) is 22.5 Å². The van der Waals surface area contributed by atoms with Crippen LogP contribution in [0, 0.1) is 11.3 Å². The van der Waals surface area contributed by atoms with Crippen LogP contribution < -0.4 is 11.1 Å². The van der Waals surface area contributed by atoms with E-state index in [4.69, 9.17) is 15.4 Å². The van der Waals surface area contributed by atoms with Gasteiger partial charge in [-0.15, -0.1) is 0 Å². The minimum Gasteiger partial charge on any atom is -0.441 e. The quantitative estimate of drug-likeness (QED) is 0.886. The standard InChI is InChI=1S/C15H13F3N4O2/c16-15(17,18)8-1-2-10-11(5-8)24-12(21-10)6-9(20)13(23)22-14(7-19)3-4-14/h1-2,5,9H,3-4,6,20H2,(H,22,23)/t9-/m0/s1. The van der Waals surface area contributed by atoms with Crippen LogP contribution in [0.3, 0.4) is 0 Å². The molecule has 0 unspecified atom stereocenters. The second kappa shape index (κ2) is 5.49. The number of hydrogen-bond acceptors (Lipinski definition) is 5. The summed E-state index contributed by atoms with van der Waals surface area (Å²) < 4.78 is 43.3. The van der Waals surface area contributed by atoms with Gasteiger partial charge in [0.15, 0.2) is 11.5 Å². The molecule has 1 amide bonds. The number of alkyl halides is 3. The van der Waals surface area contributed by atoms with Crippen LogP contribution in [0.5, 0.6) is 0 Å². The van der Waals surface area contributed by atoms with E-state index in [9.17, 15) is 18.0 Å². The number of rotatable bonds is 4. The molecule has 1 fully saturated rings. The average Bonchev–Trinajstić information content (AvgIpc) is 3.16. The van der Waals surface area contributed by atoms with Crippen molar-refractivity contribution in [2.24, 2.45) is 5.73 Å². The topological polar surface area (TPSA) is 105 Å². The molecule has 0 bridgehead atoms. The van der Waals surface area contributed by atoms with Crippen molar-refractivity contribution >= 4 is 17.0 Å². The third-order valence-electron chi connectivity index (χ3n) is 3.82. The highest BCUT2D eigenvalue weighted by atomic mass is 19.4. The molecule has 0 spiro atoms. The molecule has 1 aliphatic rings. The zero-order valence-corrected chi connectivity index (χ0v) is 12.4. The first-order valence-corrected chi connectivity index (χ1v) is 7.18. The first-order valence-electron chi connectivity index (χ1n) is 7.18. The fourth-order valence-corrected chi connectivity index (χ4v) is 2.24. The van der Waals surface area contributed by atoms with Crippen LogP contribution in [0.4, 0.5) is 13.2 Å². The number of hydrogen-bond donors (Lipinski definition) is 2. The van der Waals surface area contributed by atoms with Crippen molar-refractivity contribution in [1.29, 1.82) is 5.26 Å². The van der Waals surface area contributed by atoms with E-state index in [1.165, 1.54) is 6.07 Å². The van der Waals surface area contributed by atoms with Crippen molar-refractivity contribution in [3.8, 4) is 6.07 Å². The maximum atomic E-state index is 12.7. The van der Waals surface area contributed by atoms with Gasteiger partial charge in [0.2, 0.25) is 5.91 Å². The van der Waals surface area contributed by atoms with Gasteiger partial charge in [0, 0.05) is 6.42 Å². The predicted octanol–water partition coefficient (Wildman–Crippen LogP) is 1.89. The SMILES string of the molecule is N#CC1(NC(=O)[C@@H](N)Cc2nc3ccc(C(F)(F)F)cc3o2)CC1. The molecule has 1 heterocycles. The zero-order valence-electron chi connectivity index (χ0n) is 12.4. The number of benzene rings is 1. The average molecular weight is 338 g/mol. The molecule has 2 aromatic rings. The van der Waals surface area contributed by atoms with Crippen molar-refractivity contribution in [2.75, 3.05) is 0 Å². The van der Waals surface area contributed by atoms with E-state index in [-0.39, 0.29) is 23.4 Å². The highest BCUT2D eigenvalue weighted by Crippen LogP contribution is 2.34. The van der Waals surface area contributed by atoms with Gasteiger partial charge >= 0.3 is 6.18 Å². The van der Waals surface area contributed by atoms with E-state index in [1.807, 2.05) is 6.07 Å². The molecule has 0 saturated heterocycles. The second-order valence-electron chi connectivity index (χ2n) is 5.78. The molecule has 126 valence electrons. The number of aromatic nitrogens is 1. The number of nitrogens with one attached hydrogen (secondary N) is 1. The Morgan fingerprint density at radius 2 is 2.21 bits per heavy atom. The summed E-state index contributed by atoms with van der Waals surface area (Å²) in [5, 5.41) is 11.5. The first kappa shape index (κ1) is 16.3. The molecule has 1 aromatic carbocycles. The molecule has 1 aromatic heterocycles. The molecular weight excluding hydrogens is 325 g/mol. The fraction of sp³-hybridized carbons (Fsp3) is 0.400. The Morgan fingerprint density at radius 1 is 1.50 bits per heavy atom. The predicted molar refractivity (Wildman–Crippen MR) is 76.4 cm³/mol. The van der Waals surface area contributed by atoms with E-state index in [2.05, 4.69) is 10.3 Å². The number of amides is 1. The fourth-order valence-electron chi connectivity index (χ4n) is 2.24. The van der Waals surface area contributed by atoms with Gasteiger partial charge in [-0.2, -0.15) is 18.4 Å². The lowest BCUT2D eigenvalue weighted by Gasteiger charge is -2.13. The van der Waals surface area contributed by atoms with Gasteiger partial charge < -0.3 is 15.5 Å². The Labute approximate surface area is 134 Å². The molecule has 9 heteroatoms. The number of carbonyl (C=O) groups excluding carboxylic acids is 1. The van der Waals surface area contributed by atoms with E-state index < -0.39 is 29.2 Å². The Morgan fingerprint density at radius 3 is 2.79 bits per heavy atom. The van der Waals surface area contributed by atoms with Crippen LogP contribution in [0.1, 0.15) is 24.3 Å². The number of fused-ring (bicyclic) bond motifs is 1. The van der Waals surface area contributed by atoms with Crippen LogP contribution in [0.2, 0.25) is 0 Å². The summed E-state index contributed by atoms with van der Waals surface area (Å²) in [5.41, 5.74) is 4.31. The largest absolute Gasteiger partial charge is 0.441 e. The lowest BCUT2D eigenvalue weighted by atomic mass is 10.2. The van der Waals surface area contributed by atoms with Crippen molar-refractivity contribution in [3.63, 3.8) is 0 Å². The monoisotopic (exact) mass is 338 g/mol. The number of carbonyl (C=O) groups is 1. The third kappa shape index (κ3) is 3.19. The maximum absolute atomic E-state index is 12.7. The third-order valence-corrected chi connectivity index (χ3v) is 3.82. The summed E-state index contributed by atoms with van der Waals surface area (Å²) in [6.45, 7) is 0. The zero-order chi connectivity index (χ0) is 17.5. The lowest BCUT2D eigenvalue weighted by molar-refractivity contribution is -0.137. The Balaban J connectivity index is 1.73. The van der Waals surface area contributed by atoms with Crippen molar-refractivity contribution in [3.05, 3.63) is 29.7 Å². The van der Waals surface area contributed by atoms with Gasteiger partial charge in [-0.3, -0.25) is 4.79 Å². The van der Waals surface area contributed by atoms with Gasteiger partial charge in [-0.25, -0.2) is 4.98 Å². The number of halogens is 3. The van der Waals surface area contributed by atoms with E-state index in [0.717, 1.165) is 12.1 Å². The van der Waals surface area contributed by atoms with Crippen LogP contribution >= 0.6 is 0 Å². The minimum atomic E-state index is -4.48. The summed E-state index contributed by atoms with van der Waals surface area (Å²) in [6.07, 6.45) is -3.41. The summed E-state index contributed by atoms with van der Waals surface area (Å²) in [6, 6.07) is 3.96. The van der Waals surface area contributed by atoms with E-state index >= 15 is 0 Å². The van der Waals surface area contributed by atoms with Gasteiger partial charge in [0.1, 0.15) is 11.1 Å². The van der Waals surface area contributed by atoms with Crippen molar-refractivity contribution < 1.29 is 22.4 Å². The number of nitrogens with two attached hydrogens (primary N) is 1. The van der Waals surface area contributed by atoms with Crippen LogP contribution in [0.25, 0.3) is 11.1 Å². The molecule has 3 rings (SSSR count). The summed E-state index contributed by atoms with van der Waals surface area (Å²) >= 11 is 0. The lowest BCUT2D eigenvalue weighted by Crippen LogP contribution is -2.47. The maximum Gasteiger partial charge on any atom is 0.416 e. The number of nitriles is 1. The van der Waals surface area contributed by atoms with E-state index in [0.29, 0.717) is 12.8 Å². The van der Waals surface area contributed by atoms with Crippen LogP contribution in [-0.2, 0) is 17.4 Å². The van der Waals surface area contributed by atoms with E-state index in [1.54, 1.807) is 0 Å². The van der Waals surface area contributed by atoms with Gasteiger partial charge in [0.05, 0.1) is 17.7 Å². The molecular formula is C15H13F3N4O2. The van der Waals surface area contributed by atoms with Crippen molar-refractivity contribution in [1.82, 2.24) is 10.3 Å². The smallest absolute Gasteiger partial charge is 0.416 e. The molecule has 24 heavy (non-hydrogen) atoms. The molecule has 1 atom stereocenters. The molecule has 3 N–H and O–H groups in total. The molecule has 1 aliphatic carbocycles. The number of nitrogens with zero attached hydrogens (tertiary/aromatic N) is 2. The molecule has 0 aliphatic heterocycles. The summed E-state index contributed by atoms with van der Waals surface area (Å²) in [4.78, 5) is 16.0. The van der Waals surface area contributed by atoms with Gasteiger partial charge in [-0.1, -0.05) is 0 Å².